The third-order valence-electron chi connectivity index (χ3n) is 3.06. The number of rotatable bonds is 2. The van der Waals surface area contributed by atoms with Gasteiger partial charge in [-0.3, -0.25) is 4.68 Å². The number of benzene rings is 1. The number of aromatic nitrogens is 2. The highest BCUT2D eigenvalue weighted by atomic mass is 19.1. The topological polar surface area (TPSA) is 43.8 Å². The summed E-state index contributed by atoms with van der Waals surface area (Å²) in [6.07, 6.45) is 0. The van der Waals surface area contributed by atoms with Crippen LogP contribution in [0.4, 0.5) is 10.1 Å². The quantitative estimate of drug-likeness (QED) is 0.810. The summed E-state index contributed by atoms with van der Waals surface area (Å²) in [5.74, 6) is -0.307. The van der Waals surface area contributed by atoms with Crippen molar-refractivity contribution in [2.45, 2.75) is 27.3 Å². The van der Waals surface area contributed by atoms with E-state index in [1.54, 1.807) is 6.07 Å². The fraction of sp³-hybridized carbons (Fsp3) is 0.308. The van der Waals surface area contributed by atoms with Crippen molar-refractivity contribution in [3.8, 4) is 0 Å². The van der Waals surface area contributed by atoms with Crippen molar-refractivity contribution in [1.29, 1.82) is 0 Å². The van der Waals surface area contributed by atoms with Crippen LogP contribution in [0, 0.1) is 26.6 Å². The summed E-state index contributed by atoms with van der Waals surface area (Å²) in [5.41, 5.74) is 10.2. The molecule has 17 heavy (non-hydrogen) atoms. The van der Waals surface area contributed by atoms with Crippen molar-refractivity contribution in [3.05, 3.63) is 46.5 Å². The number of aryl methyl sites for hydroxylation is 1. The molecule has 90 valence electrons. The first kappa shape index (κ1) is 11.6. The first-order valence-electron chi connectivity index (χ1n) is 5.53. The Kier molecular flexibility index (Phi) is 2.88. The SMILES string of the molecule is Cc1nn(Cc2cc(N)cc(F)c2)c(C)c1C. The summed E-state index contributed by atoms with van der Waals surface area (Å²) < 4.78 is 15.1. The Morgan fingerprint density at radius 3 is 2.47 bits per heavy atom. The van der Waals surface area contributed by atoms with Gasteiger partial charge < -0.3 is 5.73 Å². The Labute approximate surface area is 100 Å². The molecule has 0 bridgehead atoms. The van der Waals surface area contributed by atoms with Crippen LogP contribution < -0.4 is 5.73 Å². The van der Waals surface area contributed by atoms with Gasteiger partial charge in [0.2, 0.25) is 0 Å². The zero-order chi connectivity index (χ0) is 12.6. The third kappa shape index (κ3) is 2.30. The van der Waals surface area contributed by atoms with E-state index in [0.29, 0.717) is 12.2 Å². The van der Waals surface area contributed by atoms with Crippen LogP contribution in [0.5, 0.6) is 0 Å². The van der Waals surface area contributed by atoms with Crippen LogP contribution in [-0.4, -0.2) is 9.78 Å². The summed E-state index contributed by atoms with van der Waals surface area (Å²) >= 11 is 0. The molecule has 0 aliphatic heterocycles. The molecule has 0 aliphatic carbocycles. The molecule has 1 heterocycles. The van der Waals surface area contributed by atoms with E-state index in [4.69, 9.17) is 5.73 Å². The number of nitrogens with two attached hydrogens (primary N) is 1. The average Bonchev–Trinajstić information content (AvgIpc) is 2.45. The van der Waals surface area contributed by atoms with Crippen molar-refractivity contribution in [1.82, 2.24) is 9.78 Å². The fourth-order valence-corrected chi connectivity index (χ4v) is 1.88. The third-order valence-corrected chi connectivity index (χ3v) is 3.06. The largest absolute Gasteiger partial charge is 0.399 e. The van der Waals surface area contributed by atoms with Crippen LogP contribution in [0.1, 0.15) is 22.5 Å². The monoisotopic (exact) mass is 233 g/mol. The van der Waals surface area contributed by atoms with Gasteiger partial charge in [-0.2, -0.15) is 5.10 Å². The summed E-state index contributed by atoms with van der Waals surface area (Å²) in [7, 11) is 0. The van der Waals surface area contributed by atoms with E-state index in [2.05, 4.69) is 5.10 Å². The minimum Gasteiger partial charge on any atom is -0.399 e. The van der Waals surface area contributed by atoms with Crippen LogP contribution >= 0.6 is 0 Å². The Bertz CT molecular complexity index is 538. The minimum atomic E-state index is -0.307. The van der Waals surface area contributed by atoms with E-state index in [1.807, 2.05) is 25.5 Å². The lowest BCUT2D eigenvalue weighted by molar-refractivity contribution is 0.616. The molecule has 2 N–H and O–H groups in total. The number of anilines is 1. The van der Waals surface area contributed by atoms with Gasteiger partial charge >= 0.3 is 0 Å². The van der Waals surface area contributed by atoms with E-state index in [0.717, 1.165) is 17.0 Å². The zero-order valence-electron chi connectivity index (χ0n) is 10.3. The van der Waals surface area contributed by atoms with Gasteiger partial charge in [0.05, 0.1) is 12.2 Å². The Hall–Kier alpha value is -1.84. The van der Waals surface area contributed by atoms with E-state index < -0.39 is 0 Å². The van der Waals surface area contributed by atoms with Crippen molar-refractivity contribution in [3.63, 3.8) is 0 Å². The smallest absolute Gasteiger partial charge is 0.125 e. The summed E-state index contributed by atoms with van der Waals surface area (Å²) in [5, 5.41) is 4.42. The van der Waals surface area contributed by atoms with Crippen molar-refractivity contribution in [2.75, 3.05) is 5.73 Å². The van der Waals surface area contributed by atoms with Crippen LogP contribution in [0.2, 0.25) is 0 Å². The molecule has 0 amide bonds. The number of nitrogens with zero attached hydrogens (tertiary/aromatic N) is 2. The highest BCUT2D eigenvalue weighted by Crippen LogP contribution is 2.15. The Morgan fingerprint density at radius 2 is 1.94 bits per heavy atom. The van der Waals surface area contributed by atoms with Gasteiger partial charge in [0.1, 0.15) is 5.82 Å². The molecular formula is C13H16FN3. The van der Waals surface area contributed by atoms with Crippen LogP contribution in [0.15, 0.2) is 18.2 Å². The lowest BCUT2D eigenvalue weighted by Crippen LogP contribution is -2.05. The molecule has 0 radical (unpaired) electrons. The van der Waals surface area contributed by atoms with E-state index in [1.165, 1.54) is 17.7 Å². The summed E-state index contributed by atoms with van der Waals surface area (Å²) in [6, 6.07) is 4.58. The van der Waals surface area contributed by atoms with Gasteiger partial charge in [-0.05, 0) is 50.1 Å². The minimum absolute atomic E-state index is 0.307. The van der Waals surface area contributed by atoms with Crippen molar-refractivity contribution < 1.29 is 4.39 Å². The molecule has 0 saturated heterocycles. The van der Waals surface area contributed by atoms with Gasteiger partial charge in [-0.15, -0.1) is 0 Å². The number of hydrogen-bond acceptors (Lipinski definition) is 2. The second kappa shape index (κ2) is 4.20. The fourth-order valence-electron chi connectivity index (χ4n) is 1.88. The highest BCUT2D eigenvalue weighted by molar-refractivity contribution is 5.41. The van der Waals surface area contributed by atoms with Crippen LogP contribution in [-0.2, 0) is 6.54 Å². The molecular weight excluding hydrogens is 217 g/mol. The molecule has 4 heteroatoms. The van der Waals surface area contributed by atoms with Crippen molar-refractivity contribution in [2.24, 2.45) is 0 Å². The first-order chi connectivity index (χ1) is 7.97. The summed E-state index contributed by atoms with van der Waals surface area (Å²) in [6.45, 7) is 6.56. The number of nitrogen functional groups attached to an aromatic ring is 1. The molecule has 3 nitrogen and oxygen atoms in total. The standard InChI is InChI=1S/C13H16FN3/c1-8-9(2)16-17(10(8)3)7-11-4-12(14)6-13(15)5-11/h4-6H,7,15H2,1-3H3. The zero-order valence-corrected chi connectivity index (χ0v) is 10.3. The van der Waals surface area contributed by atoms with Gasteiger partial charge in [0.15, 0.2) is 0 Å². The molecule has 2 aromatic rings. The molecule has 0 aliphatic rings. The lowest BCUT2D eigenvalue weighted by atomic mass is 10.2. The molecule has 1 aromatic heterocycles. The number of halogens is 1. The van der Waals surface area contributed by atoms with Gasteiger partial charge in [0, 0.05) is 11.4 Å². The first-order valence-corrected chi connectivity index (χ1v) is 5.53. The second-order valence-electron chi connectivity index (χ2n) is 4.35. The lowest BCUT2D eigenvalue weighted by Gasteiger charge is -2.06. The maximum Gasteiger partial charge on any atom is 0.125 e. The normalized spacial score (nSPS) is 10.8. The van der Waals surface area contributed by atoms with E-state index >= 15 is 0 Å². The molecule has 1 aromatic carbocycles. The molecule has 0 saturated carbocycles. The van der Waals surface area contributed by atoms with Gasteiger partial charge in [0.25, 0.3) is 0 Å². The predicted octanol–water partition coefficient (Wildman–Crippen LogP) is 2.58. The maximum atomic E-state index is 13.2. The van der Waals surface area contributed by atoms with Gasteiger partial charge in [-0.25, -0.2) is 4.39 Å². The maximum absolute atomic E-state index is 13.2. The Balaban J connectivity index is 2.34. The summed E-state index contributed by atoms with van der Waals surface area (Å²) in [4.78, 5) is 0. The average molecular weight is 233 g/mol. The number of hydrogen-bond donors (Lipinski definition) is 1. The molecule has 0 spiro atoms. The molecule has 0 fully saturated rings. The predicted molar refractivity (Wildman–Crippen MR) is 66.4 cm³/mol. The Morgan fingerprint density at radius 1 is 1.24 bits per heavy atom. The van der Waals surface area contributed by atoms with E-state index in [-0.39, 0.29) is 5.82 Å². The van der Waals surface area contributed by atoms with Crippen LogP contribution in [0.3, 0.4) is 0 Å². The molecule has 0 atom stereocenters. The molecule has 2 rings (SSSR count). The second-order valence-corrected chi connectivity index (χ2v) is 4.35. The van der Waals surface area contributed by atoms with Crippen molar-refractivity contribution >= 4 is 5.69 Å². The molecule has 0 unspecified atom stereocenters. The van der Waals surface area contributed by atoms with Crippen LogP contribution in [0.25, 0.3) is 0 Å². The van der Waals surface area contributed by atoms with Gasteiger partial charge in [-0.1, -0.05) is 0 Å². The van der Waals surface area contributed by atoms with E-state index in [9.17, 15) is 4.39 Å². The highest BCUT2D eigenvalue weighted by Gasteiger charge is 2.08.